The van der Waals surface area contributed by atoms with E-state index in [-0.39, 0.29) is 18.0 Å². The molecule has 7 heteroatoms. The number of benzene rings is 1. The molecule has 0 bridgehead atoms. The minimum absolute atomic E-state index is 0.0449. The fourth-order valence-corrected chi connectivity index (χ4v) is 2.94. The van der Waals surface area contributed by atoms with Crippen LogP contribution in [0.15, 0.2) is 18.2 Å². The largest absolute Gasteiger partial charge is 0.383 e. The molecule has 132 valence electrons. The fourth-order valence-electron chi connectivity index (χ4n) is 2.94. The van der Waals surface area contributed by atoms with Crippen molar-refractivity contribution in [3.05, 3.63) is 35.4 Å². The molecule has 0 saturated carbocycles. The number of likely N-dealkylation sites (tertiary alicyclic amines) is 1. The number of piperidine rings is 1. The van der Waals surface area contributed by atoms with Crippen LogP contribution < -0.4 is 5.32 Å². The van der Waals surface area contributed by atoms with E-state index >= 15 is 0 Å². The van der Waals surface area contributed by atoms with Gasteiger partial charge in [-0.1, -0.05) is 0 Å². The molecule has 0 spiro atoms. The number of hydrogen-bond acceptors (Lipinski definition) is 3. The molecular formula is C17H22F2N2O3. The van der Waals surface area contributed by atoms with Crippen molar-refractivity contribution in [1.29, 1.82) is 0 Å². The molecule has 0 aromatic heterocycles. The maximum Gasteiger partial charge on any atom is 0.254 e. The lowest BCUT2D eigenvalue weighted by Gasteiger charge is -2.39. The number of carbonyl (C=O) groups excluding carboxylic acids is 2. The molecule has 1 fully saturated rings. The van der Waals surface area contributed by atoms with E-state index in [1.807, 2.05) is 0 Å². The van der Waals surface area contributed by atoms with E-state index < -0.39 is 23.0 Å². The van der Waals surface area contributed by atoms with Crippen LogP contribution in [0.3, 0.4) is 0 Å². The predicted octanol–water partition coefficient (Wildman–Crippen LogP) is 1.97. The summed E-state index contributed by atoms with van der Waals surface area (Å²) in [7, 11) is 1.55. The monoisotopic (exact) mass is 340 g/mol. The minimum Gasteiger partial charge on any atom is -0.383 e. The van der Waals surface area contributed by atoms with Crippen molar-refractivity contribution in [2.75, 3.05) is 33.4 Å². The molecule has 1 N–H and O–H groups in total. The van der Waals surface area contributed by atoms with Gasteiger partial charge in [0, 0.05) is 38.4 Å². The van der Waals surface area contributed by atoms with Crippen molar-refractivity contribution in [2.45, 2.75) is 19.8 Å². The van der Waals surface area contributed by atoms with Crippen LogP contribution in [0.25, 0.3) is 0 Å². The summed E-state index contributed by atoms with van der Waals surface area (Å²) < 4.78 is 31.5. The van der Waals surface area contributed by atoms with Crippen LogP contribution in [-0.2, 0) is 9.53 Å². The van der Waals surface area contributed by atoms with Gasteiger partial charge in [0.2, 0.25) is 5.91 Å². The molecule has 2 rings (SSSR count). The molecule has 1 aromatic carbocycles. The Bertz CT molecular complexity index is 604. The average Bonchev–Trinajstić information content (AvgIpc) is 2.53. The highest BCUT2D eigenvalue weighted by Gasteiger charge is 2.39. The van der Waals surface area contributed by atoms with Gasteiger partial charge in [0.25, 0.3) is 5.91 Å². The van der Waals surface area contributed by atoms with E-state index in [0.717, 1.165) is 18.2 Å². The summed E-state index contributed by atoms with van der Waals surface area (Å²) in [6, 6.07) is 2.74. The Morgan fingerprint density at radius 3 is 2.58 bits per heavy atom. The molecule has 1 aromatic rings. The lowest BCUT2D eigenvalue weighted by atomic mass is 9.80. The Labute approximate surface area is 140 Å². The lowest BCUT2D eigenvalue weighted by Crippen LogP contribution is -2.52. The van der Waals surface area contributed by atoms with Crippen LogP contribution in [0.4, 0.5) is 8.78 Å². The molecule has 1 atom stereocenters. The molecule has 0 radical (unpaired) electrons. The SMILES string of the molecule is COCCNC(=O)C1(C)CCCN(C(=O)c2cc(F)cc(F)c2)C1. The molecule has 5 nitrogen and oxygen atoms in total. The zero-order valence-corrected chi connectivity index (χ0v) is 13.9. The summed E-state index contributed by atoms with van der Waals surface area (Å²) in [6.07, 6.45) is 1.30. The van der Waals surface area contributed by atoms with Gasteiger partial charge in [0.1, 0.15) is 11.6 Å². The zero-order valence-electron chi connectivity index (χ0n) is 13.9. The molecule has 2 amide bonds. The summed E-state index contributed by atoms with van der Waals surface area (Å²) >= 11 is 0. The highest BCUT2D eigenvalue weighted by Crippen LogP contribution is 2.30. The number of halogens is 2. The third-order valence-electron chi connectivity index (χ3n) is 4.23. The summed E-state index contributed by atoms with van der Waals surface area (Å²) in [5, 5.41) is 2.79. The number of ether oxygens (including phenoxy) is 1. The summed E-state index contributed by atoms with van der Waals surface area (Å²) in [5.41, 5.74) is -0.774. The van der Waals surface area contributed by atoms with Crippen LogP contribution >= 0.6 is 0 Å². The normalized spacial score (nSPS) is 20.8. The standard InChI is InChI=1S/C17H22F2N2O3/c1-17(16(23)20-5-7-24-2)4-3-6-21(11-17)15(22)12-8-13(18)10-14(19)9-12/h8-10H,3-7,11H2,1-2H3,(H,20,23). The smallest absolute Gasteiger partial charge is 0.254 e. The fraction of sp³-hybridized carbons (Fsp3) is 0.529. The summed E-state index contributed by atoms with van der Waals surface area (Å²) in [5.74, 6) is -2.21. The molecular weight excluding hydrogens is 318 g/mol. The first kappa shape index (κ1) is 18.3. The molecule has 1 unspecified atom stereocenters. The maximum atomic E-state index is 13.3. The number of amides is 2. The molecule has 0 aliphatic carbocycles. The van der Waals surface area contributed by atoms with E-state index in [4.69, 9.17) is 4.74 Å². The summed E-state index contributed by atoms with van der Waals surface area (Å²) in [4.78, 5) is 26.4. The number of nitrogens with one attached hydrogen (secondary N) is 1. The highest BCUT2D eigenvalue weighted by atomic mass is 19.1. The highest BCUT2D eigenvalue weighted by molar-refractivity contribution is 5.95. The maximum absolute atomic E-state index is 13.3. The van der Waals surface area contributed by atoms with Crippen LogP contribution in [0, 0.1) is 17.0 Å². The first-order valence-corrected chi connectivity index (χ1v) is 7.88. The topological polar surface area (TPSA) is 58.6 Å². The summed E-state index contributed by atoms with van der Waals surface area (Å²) in [6.45, 7) is 3.27. The van der Waals surface area contributed by atoms with Gasteiger partial charge in [0.05, 0.1) is 12.0 Å². The third-order valence-corrected chi connectivity index (χ3v) is 4.23. The second kappa shape index (κ2) is 7.70. The number of nitrogens with zero attached hydrogens (tertiary/aromatic N) is 1. The van der Waals surface area contributed by atoms with Gasteiger partial charge in [-0.05, 0) is 31.9 Å². The predicted molar refractivity (Wildman–Crippen MR) is 84.5 cm³/mol. The quantitative estimate of drug-likeness (QED) is 0.834. The van der Waals surface area contributed by atoms with Gasteiger partial charge in [-0.15, -0.1) is 0 Å². The van der Waals surface area contributed by atoms with E-state index in [1.165, 1.54) is 4.90 Å². The average molecular weight is 340 g/mol. The van der Waals surface area contributed by atoms with Crippen LogP contribution in [0.5, 0.6) is 0 Å². The van der Waals surface area contributed by atoms with Gasteiger partial charge in [0.15, 0.2) is 0 Å². The molecule has 24 heavy (non-hydrogen) atoms. The van der Waals surface area contributed by atoms with Crippen molar-refractivity contribution >= 4 is 11.8 Å². The molecule has 1 aliphatic heterocycles. The lowest BCUT2D eigenvalue weighted by molar-refractivity contribution is -0.132. The molecule has 1 aliphatic rings. The Morgan fingerprint density at radius 2 is 1.96 bits per heavy atom. The molecule has 1 saturated heterocycles. The van der Waals surface area contributed by atoms with Crippen molar-refractivity contribution < 1.29 is 23.1 Å². The van der Waals surface area contributed by atoms with Crippen LogP contribution in [-0.4, -0.2) is 50.1 Å². The zero-order chi connectivity index (χ0) is 17.7. The van der Waals surface area contributed by atoms with E-state index in [0.29, 0.717) is 32.5 Å². The Kier molecular flexibility index (Phi) is 5.88. The third kappa shape index (κ3) is 4.29. The van der Waals surface area contributed by atoms with Crippen molar-refractivity contribution in [1.82, 2.24) is 10.2 Å². The second-order valence-electron chi connectivity index (χ2n) is 6.30. The van der Waals surface area contributed by atoms with E-state index in [2.05, 4.69) is 5.32 Å². The Balaban J connectivity index is 2.08. The van der Waals surface area contributed by atoms with Gasteiger partial charge in [-0.3, -0.25) is 9.59 Å². The van der Waals surface area contributed by atoms with Crippen molar-refractivity contribution in [3.8, 4) is 0 Å². The second-order valence-corrected chi connectivity index (χ2v) is 6.30. The van der Waals surface area contributed by atoms with Crippen molar-refractivity contribution in [2.24, 2.45) is 5.41 Å². The van der Waals surface area contributed by atoms with Gasteiger partial charge >= 0.3 is 0 Å². The van der Waals surface area contributed by atoms with Gasteiger partial charge in [-0.25, -0.2) is 8.78 Å². The van der Waals surface area contributed by atoms with Crippen LogP contribution in [0.2, 0.25) is 0 Å². The number of rotatable bonds is 5. The van der Waals surface area contributed by atoms with E-state index in [9.17, 15) is 18.4 Å². The Morgan fingerprint density at radius 1 is 1.29 bits per heavy atom. The first-order chi connectivity index (χ1) is 11.4. The number of carbonyl (C=O) groups is 2. The van der Waals surface area contributed by atoms with Crippen LogP contribution in [0.1, 0.15) is 30.1 Å². The first-order valence-electron chi connectivity index (χ1n) is 7.88. The Hall–Kier alpha value is -2.02. The molecule has 1 heterocycles. The van der Waals surface area contributed by atoms with E-state index in [1.54, 1.807) is 14.0 Å². The minimum atomic E-state index is -0.796. The van der Waals surface area contributed by atoms with Gasteiger partial charge in [-0.2, -0.15) is 0 Å². The van der Waals surface area contributed by atoms with Gasteiger partial charge < -0.3 is 15.0 Å². The van der Waals surface area contributed by atoms with Crippen molar-refractivity contribution in [3.63, 3.8) is 0 Å². The number of hydrogen-bond donors (Lipinski definition) is 1. The number of methoxy groups -OCH3 is 1.